The fraction of sp³-hybridized carbons (Fsp3) is 0.333. The quantitative estimate of drug-likeness (QED) is 0.189. The molecule has 10 nitrogen and oxygen atoms in total. The Balaban J connectivity index is 1.92. The van der Waals surface area contributed by atoms with Gasteiger partial charge in [-0.05, 0) is 61.4 Å². The highest BCUT2D eigenvalue weighted by molar-refractivity contribution is 6.35. The van der Waals surface area contributed by atoms with Gasteiger partial charge < -0.3 is 24.8 Å². The average molecular weight is 471 g/mol. The summed E-state index contributed by atoms with van der Waals surface area (Å²) >= 11 is 0. The first-order valence-electron chi connectivity index (χ1n) is 10.9. The molecular weight excluding hydrogens is 440 g/mol. The molecule has 0 fully saturated rings. The zero-order valence-corrected chi connectivity index (χ0v) is 19.6. The van der Waals surface area contributed by atoms with Crippen LogP contribution >= 0.6 is 0 Å². The molecule has 0 saturated heterocycles. The second-order valence-corrected chi connectivity index (χ2v) is 7.01. The number of hydrazone groups is 1. The summed E-state index contributed by atoms with van der Waals surface area (Å²) in [5, 5.41) is 9.04. The van der Waals surface area contributed by atoms with Gasteiger partial charge in [0.2, 0.25) is 0 Å². The van der Waals surface area contributed by atoms with Gasteiger partial charge in [0.15, 0.2) is 18.1 Å². The maximum Gasteiger partial charge on any atom is 0.329 e. The molecule has 2 rings (SSSR count). The largest absolute Gasteiger partial charge is 0.497 e. The molecular formula is C24H30N4O6. The number of methoxy groups -OCH3 is 1. The number of nitrogens with zero attached hydrogens (tertiary/aromatic N) is 1. The van der Waals surface area contributed by atoms with E-state index in [-0.39, 0.29) is 12.5 Å². The van der Waals surface area contributed by atoms with Crippen LogP contribution in [0.4, 0.5) is 5.69 Å². The Morgan fingerprint density at radius 1 is 0.971 bits per heavy atom. The molecule has 0 heterocycles. The first kappa shape index (κ1) is 26.2. The smallest absolute Gasteiger partial charge is 0.329 e. The lowest BCUT2D eigenvalue weighted by Gasteiger charge is -2.13. The number of carbonyl (C=O) groups is 3. The molecule has 2 aromatic rings. The third-order valence-electron chi connectivity index (χ3n) is 4.40. The summed E-state index contributed by atoms with van der Waals surface area (Å²) in [5.74, 6) is -0.444. The lowest BCUT2D eigenvalue weighted by atomic mass is 10.2. The van der Waals surface area contributed by atoms with Gasteiger partial charge in [-0.25, -0.2) is 5.43 Å². The number of rotatable bonds is 12. The molecule has 0 aliphatic carbocycles. The van der Waals surface area contributed by atoms with Gasteiger partial charge in [-0.3, -0.25) is 14.4 Å². The Labute approximate surface area is 198 Å². The van der Waals surface area contributed by atoms with Crippen molar-refractivity contribution in [2.24, 2.45) is 5.10 Å². The Bertz CT molecular complexity index is 991. The van der Waals surface area contributed by atoms with Gasteiger partial charge in [-0.1, -0.05) is 13.3 Å². The first-order valence-corrected chi connectivity index (χ1v) is 10.9. The second kappa shape index (κ2) is 14.1. The third kappa shape index (κ3) is 8.81. The summed E-state index contributed by atoms with van der Waals surface area (Å²) < 4.78 is 16.3. The van der Waals surface area contributed by atoms with Gasteiger partial charge >= 0.3 is 11.8 Å². The Morgan fingerprint density at radius 3 is 2.41 bits per heavy atom. The van der Waals surface area contributed by atoms with E-state index in [4.69, 9.17) is 14.2 Å². The van der Waals surface area contributed by atoms with E-state index in [1.54, 1.807) is 49.6 Å². The molecule has 0 aliphatic rings. The second-order valence-electron chi connectivity index (χ2n) is 7.01. The van der Waals surface area contributed by atoms with Crippen molar-refractivity contribution in [3.05, 3.63) is 48.0 Å². The molecule has 10 heteroatoms. The summed E-state index contributed by atoms with van der Waals surface area (Å²) in [6.07, 6.45) is 3.08. The molecule has 2 aromatic carbocycles. The fourth-order valence-electron chi connectivity index (χ4n) is 2.68. The highest BCUT2D eigenvalue weighted by atomic mass is 16.5. The van der Waals surface area contributed by atoms with Crippen molar-refractivity contribution in [3.8, 4) is 17.2 Å². The van der Waals surface area contributed by atoms with Crippen LogP contribution < -0.4 is 30.3 Å². The SMILES string of the molecule is CCCCNC(=O)C(=O)N/N=C\c1ccc(OCC(=O)Nc2ccc(OC)cc2)c(OCC)c1. The van der Waals surface area contributed by atoms with Gasteiger partial charge in [0.25, 0.3) is 5.91 Å². The third-order valence-corrected chi connectivity index (χ3v) is 4.40. The van der Waals surface area contributed by atoms with Gasteiger partial charge in [0.1, 0.15) is 5.75 Å². The zero-order valence-electron chi connectivity index (χ0n) is 19.6. The maximum atomic E-state index is 12.2. The molecule has 0 radical (unpaired) electrons. The van der Waals surface area contributed by atoms with Gasteiger partial charge in [0.05, 0.1) is 19.9 Å². The Morgan fingerprint density at radius 2 is 1.74 bits per heavy atom. The number of benzene rings is 2. The van der Waals surface area contributed by atoms with E-state index in [1.807, 2.05) is 13.8 Å². The van der Waals surface area contributed by atoms with Crippen molar-refractivity contribution in [1.29, 1.82) is 0 Å². The number of carbonyl (C=O) groups excluding carboxylic acids is 3. The Hall–Kier alpha value is -4.08. The van der Waals surface area contributed by atoms with E-state index in [2.05, 4.69) is 21.2 Å². The van der Waals surface area contributed by atoms with Crippen LogP contribution in [0.5, 0.6) is 17.2 Å². The van der Waals surface area contributed by atoms with Crippen LogP contribution in [0.1, 0.15) is 32.3 Å². The van der Waals surface area contributed by atoms with Crippen LogP contribution in [-0.2, 0) is 14.4 Å². The topological polar surface area (TPSA) is 127 Å². The predicted octanol–water partition coefficient (Wildman–Crippen LogP) is 2.48. The fourth-order valence-corrected chi connectivity index (χ4v) is 2.68. The van der Waals surface area contributed by atoms with Crippen LogP contribution in [0.25, 0.3) is 0 Å². The summed E-state index contributed by atoms with van der Waals surface area (Å²) in [5.41, 5.74) is 3.40. The maximum absolute atomic E-state index is 12.2. The van der Waals surface area contributed by atoms with Gasteiger partial charge in [-0.2, -0.15) is 5.10 Å². The average Bonchev–Trinajstić information content (AvgIpc) is 2.84. The number of amides is 3. The summed E-state index contributed by atoms with van der Waals surface area (Å²) in [6.45, 7) is 4.40. The van der Waals surface area contributed by atoms with Crippen molar-refractivity contribution < 1.29 is 28.6 Å². The monoisotopic (exact) mass is 470 g/mol. The Kier molecular flexibility index (Phi) is 10.9. The van der Waals surface area contributed by atoms with E-state index in [9.17, 15) is 14.4 Å². The molecule has 0 spiro atoms. The number of hydrogen-bond donors (Lipinski definition) is 3. The molecule has 182 valence electrons. The predicted molar refractivity (Wildman–Crippen MR) is 128 cm³/mol. The molecule has 34 heavy (non-hydrogen) atoms. The van der Waals surface area contributed by atoms with E-state index in [1.165, 1.54) is 6.21 Å². The van der Waals surface area contributed by atoms with E-state index in [0.717, 1.165) is 12.8 Å². The molecule has 3 N–H and O–H groups in total. The van der Waals surface area contributed by atoms with Crippen LogP contribution in [0.2, 0.25) is 0 Å². The first-order chi connectivity index (χ1) is 16.5. The standard InChI is InChI=1S/C24H30N4O6/c1-4-6-13-25-23(30)24(31)28-26-15-17-7-12-20(21(14-17)33-5-2)34-16-22(29)27-18-8-10-19(32-3)11-9-18/h7-12,14-15H,4-6,13,16H2,1-3H3,(H,25,30)(H,27,29)(H,28,31)/b26-15-. The number of ether oxygens (including phenoxy) is 3. The van der Waals surface area contributed by atoms with Crippen molar-refractivity contribution in [3.63, 3.8) is 0 Å². The molecule has 0 bridgehead atoms. The number of anilines is 1. The minimum absolute atomic E-state index is 0.220. The van der Waals surface area contributed by atoms with Gasteiger partial charge in [0, 0.05) is 12.2 Å². The molecule has 3 amide bonds. The number of unbranched alkanes of at least 4 members (excludes halogenated alkanes) is 1. The van der Waals surface area contributed by atoms with Crippen molar-refractivity contribution >= 4 is 29.6 Å². The van der Waals surface area contributed by atoms with Crippen LogP contribution in [0.3, 0.4) is 0 Å². The minimum atomic E-state index is -0.847. The van der Waals surface area contributed by atoms with Crippen LogP contribution in [0.15, 0.2) is 47.6 Å². The molecule has 0 aliphatic heterocycles. The summed E-state index contributed by atoms with van der Waals surface area (Å²) in [7, 11) is 1.57. The van der Waals surface area contributed by atoms with Gasteiger partial charge in [-0.15, -0.1) is 0 Å². The van der Waals surface area contributed by atoms with Crippen LogP contribution in [0, 0.1) is 0 Å². The summed E-state index contributed by atoms with van der Waals surface area (Å²) in [4.78, 5) is 35.6. The molecule has 0 unspecified atom stereocenters. The zero-order chi connectivity index (χ0) is 24.8. The molecule has 0 atom stereocenters. The summed E-state index contributed by atoms with van der Waals surface area (Å²) in [6, 6.07) is 11.9. The van der Waals surface area contributed by atoms with Crippen molar-refractivity contribution in [2.75, 3.05) is 32.2 Å². The minimum Gasteiger partial charge on any atom is -0.497 e. The lowest BCUT2D eigenvalue weighted by Crippen LogP contribution is -2.38. The number of nitrogens with one attached hydrogen (secondary N) is 3. The highest BCUT2D eigenvalue weighted by Crippen LogP contribution is 2.28. The van der Waals surface area contributed by atoms with Crippen molar-refractivity contribution in [1.82, 2.24) is 10.7 Å². The molecule has 0 aromatic heterocycles. The van der Waals surface area contributed by atoms with Crippen molar-refractivity contribution in [2.45, 2.75) is 26.7 Å². The van der Waals surface area contributed by atoms with Crippen LogP contribution in [-0.4, -0.2) is 50.8 Å². The highest BCUT2D eigenvalue weighted by Gasteiger charge is 2.12. The van der Waals surface area contributed by atoms with E-state index >= 15 is 0 Å². The number of hydrogen-bond acceptors (Lipinski definition) is 7. The normalized spacial score (nSPS) is 10.4. The van der Waals surface area contributed by atoms with E-state index < -0.39 is 11.8 Å². The molecule has 0 saturated carbocycles. The van der Waals surface area contributed by atoms with E-state index in [0.29, 0.717) is 41.7 Å². The lowest BCUT2D eigenvalue weighted by molar-refractivity contribution is -0.139.